The Labute approximate surface area is 134 Å². The van der Waals surface area contributed by atoms with Crippen LogP contribution in [0.15, 0.2) is 24.3 Å². The van der Waals surface area contributed by atoms with Crippen LogP contribution < -0.4 is 0 Å². The van der Waals surface area contributed by atoms with Gasteiger partial charge in [0.15, 0.2) is 0 Å². The zero-order chi connectivity index (χ0) is 15.9. The van der Waals surface area contributed by atoms with Crippen molar-refractivity contribution in [3.05, 3.63) is 29.8 Å². The number of alkyl halides is 1. The van der Waals surface area contributed by atoms with Crippen LogP contribution in [0.3, 0.4) is 0 Å². The van der Waals surface area contributed by atoms with E-state index < -0.39 is 6.17 Å². The zero-order valence-corrected chi connectivity index (χ0v) is 14.1. The number of phenolic OH excluding ortho intramolecular Hbond substituents is 1. The fraction of sp³-hybridized carbons (Fsp3) is 0.700. The summed E-state index contributed by atoms with van der Waals surface area (Å²) in [5.74, 6) is 2.42. The van der Waals surface area contributed by atoms with Crippen molar-refractivity contribution >= 4 is 0 Å². The van der Waals surface area contributed by atoms with Crippen molar-refractivity contribution in [2.45, 2.75) is 71.4 Å². The quantitative estimate of drug-likeness (QED) is 0.664. The first-order valence-electron chi connectivity index (χ1n) is 9.04. The zero-order valence-electron chi connectivity index (χ0n) is 14.1. The number of halogens is 1. The molecule has 1 aromatic rings. The number of benzene rings is 1. The van der Waals surface area contributed by atoms with Crippen molar-refractivity contribution in [3.63, 3.8) is 0 Å². The average Bonchev–Trinajstić information content (AvgIpc) is 2.55. The van der Waals surface area contributed by atoms with Gasteiger partial charge in [0.2, 0.25) is 0 Å². The predicted octanol–water partition coefficient (Wildman–Crippen LogP) is 5.91. The van der Waals surface area contributed by atoms with Crippen molar-refractivity contribution in [3.8, 4) is 5.75 Å². The maximum atomic E-state index is 14.5. The molecular weight excluding hydrogens is 275 g/mol. The molecule has 2 unspecified atom stereocenters. The lowest BCUT2D eigenvalue weighted by molar-refractivity contribution is 0.155. The Morgan fingerprint density at radius 1 is 1.09 bits per heavy atom. The highest BCUT2D eigenvalue weighted by molar-refractivity contribution is 5.26. The van der Waals surface area contributed by atoms with Gasteiger partial charge < -0.3 is 5.11 Å². The molecule has 0 heterocycles. The largest absolute Gasteiger partial charge is 0.508 e. The molecule has 0 radical (unpaired) electrons. The lowest BCUT2D eigenvalue weighted by Crippen LogP contribution is -2.24. The summed E-state index contributed by atoms with van der Waals surface area (Å²) >= 11 is 0. The SMILES string of the molecule is CCC1CCC(C(CC)CC(F)Cc2ccc(O)cc2)CC1. The van der Waals surface area contributed by atoms with E-state index in [4.69, 9.17) is 0 Å². The van der Waals surface area contributed by atoms with Gasteiger partial charge in [-0.05, 0) is 54.7 Å². The van der Waals surface area contributed by atoms with E-state index in [1.54, 1.807) is 12.1 Å². The summed E-state index contributed by atoms with van der Waals surface area (Å²) in [4.78, 5) is 0. The van der Waals surface area contributed by atoms with Crippen LogP contribution in [0, 0.1) is 17.8 Å². The Hall–Kier alpha value is -1.05. The number of aromatic hydroxyl groups is 1. The van der Waals surface area contributed by atoms with Crippen LogP contribution in [0.4, 0.5) is 4.39 Å². The molecular formula is C20H31FO. The fourth-order valence-electron chi connectivity index (χ4n) is 4.06. The topological polar surface area (TPSA) is 20.2 Å². The summed E-state index contributed by atoms with van der Waals surface area (Å²) in [6.07, 6.45) is 8.07. The van der Waals surface area contributed by atoms with Crippen molar-refractivity contribution in [2.75, 3.05) is 0 Å². The first-order valence-corrected chi connectivity index (χ1v) is 9.04. The molecule has 22 heavy (non-hydrogen) atoms. The molecule has 0 aromatic heterocycles. The minimum atomic E-state index is -0.765. The van der Waals surface area contributed by atoms with Crippen LogP contribution in [-0.2, 0) is 6.42 Å². The highest BCUT2D eigenvalue weighted by Gasteiger charge is 2.27. The third-order valence-corrected chi connectivity index (χ3v) is 5.61. The van der Waals surface area contributed by atoms with Gasteiger partial charge in [-0.25, -0.2) is 4.39 Å². The number of hydrogen-bond donors (Lipinski definition) is 1. The third kappa shape index (κ3) is 5.00. The van der Waals surface area contributed by atoms with Crippen molar-refractivity contribution in [2.24, 2.45) is 17.8 Å². The lowest BCUT2D eigenvalue weighted by atomic mass is 9.72. The minimum absolute atomic E-state index is 0.248. The standard InChI is InChI=1S/C20H31FO/c1-3-15-5-9-18(10-6-15)17(4-2)14-19(21)13-16-7-11-20(22)12-8-16/h7-8,11-12,15,17-19,22H,3-6,9-10,13-14H2,1-2H3. The molecule has 1 aliphatic carbocycles. The number of rotatable bonds is 7. The highest BCUT2D eigenvalue weighted by Crippen LogP contribution is 2.38. The van der Waals surface area contributed by atoms with Gasteiger partial charge in [-0.15, -0.1) is 0 Å². The summed E-state index contributed by atoms with van der Waals surface area (Å²) in [5.41, 5.74) is 0.981. The second-order valence-corrected chi connectivity index (χ2v) is 7.06. The summed E-state index contributed by atoms with van der Waals surface area (Å²) < 4.78 is 14.5. The summed E-state index contributed by atoms with van der Waals surface area (Å²) in [5, 5.41) is 9.29. The normalized spacial score (nSPS) is 24.9. The first-order chi connectivity index (χ1) is 10.6. The molecule has 1 aromatic carbocycles. The molecule has 0 amide bonds. The molecule has 1 N–H and O–H groups in total. The summed E-state index contributed by atoms with van der Waals surface area (Å²) in [7, 11) is 0. The van der Waals surface area contributed by atoms with Gasteiger partial charge in [-0.1, -0.05) is 51.7 Å². The van der Waals surface area contributed by atoms with Gasteiger partial charge in [0.25, 0.3) is 0 Å². The molecule has 1 aliphatic rings. The van der Waals surface area contributed by atoms with Crippen LogP contribution in [0.2, 0.25) is 0 Å². The van der Waals surface area contributed by atoms with E-state index in [2.05, 4.69) is 13.8 Å². The fourth-order valence-corrected chi connectivity index (χ4v) is 4.06. The van der Waals surface area contributed by atoms with E-state index in [1.165, 1.54) is 32.1 Å². The van der Waals surface area contributed by atoms with E-state index in [0.717, 1.165) is 23.8 Å². The first kappa shape index (κ1) is 17.3. The summed E-state index contributed by atoms with van der Waals surface area (Å²) in [6, 6.07) is 6.95. The van der Waals surface area contributed by atoms with E-state index in [0.29, 0.717) is 18.8 Å². The predicted molar refractivity (Wildman–Crippen MR) is 90.8 cm³/mol. The molecule has 1 saturated carbocycles. The molecule has 0 aliphatic heterocycles. The number of phenols is 1. The monoisotopic (exact) mass is 306 g/mol. The highest BCUT2D eigenvalue weighted by atomic mass is 19.1. The Kier molecular flexibility index (Phi) is 6.72. The maximum Gasteiger partial charge on any atom is 0.115 e. The van der Waals surface area contributed by atoms with Crippen LogP contribution >= 0.6 is 0 Å². The van der Waals surface area contributed by atoms with Gasteiger partial charge in [-0.3, -0.25) is 0 Å². The van der Waals surface area contributed by atoms with Gasteiger partial charge >= 0.3 is 0 Å². The number of hydrogen-bond acceptors (Lipinski definition) is 1. The van der Waals surface area contributed by atoms with Crippen LogP contribution in [0.1, 0.15) is 64.4 Å². The molecule has 1 fully saturated rings. The van der Waals surface area contributed by atoms with Crippen molar-refractivity contribution in [1.29, 1.82) is 0 Å². The minimum Gasteiger partial charge on any atom is -0.508 e. The smallest absolute Gasteiger partial charge is 0.115 e. The Balaban J connectivity index is 1.83. The van der Waals surface area contributed by atoms with Crippen LogP contribution in [0.5, 0.6) is 5.75 Å². The second-order valence-electron chi connectivity index (χ2n) is 7.06. The lowest BCUT2D eigenvalue weighted by Gasteiger charge is -2.34. The molecule has 0 bridgehead atoms. The van der Waals surface area contributed by atoms with Gasteiger partial charge in [0, 0.05) is 6.42 Å². The van der Waals surface area contributed by atoms with Gasteiger partial charge in [0.05, 0.1) is 0 Å². The van der Waals surface area contributed by atoms with Gasteiger partial charge in [0.1, 0.15) is 11.9 Å². The molecule has 2 heteroatoms. The molecule has 2 rings (SSSR count). The van der Waals surface area contributed by atoms with Crippen molar-refractivity contribution < 1.29 is 9.50 Å². The van der Waals surface area contributed by atoms with E-state index in [1.807, 2.05) is 12.1 Å². The molecule has 2 atom stereocenters. The summed E-state index contributed by atoms with van der Waals surface area (Å²) in [6.45, 7) is 4.50. The van der Waals surface area contributed by atoms with E-state index in [9.17, 15) is 9.50 Å². The van der Waals surface area contributed by atoms with Gasteiger partial charge in [-0.2, -0.15) is 0 Å². The Morgan fingerprint density at radius 2 is 1.73 bits per heavy atom. The molecule has 0 spiro atoms. The molecule has 0 saturated heterocycles. The molecule has 124 valence electrons. The Bertz CT molecular complexity index is 420. The van der Waals surface area contributed by atoms with Crippen LogP contribution in [0.25, 0.3) is 0 Å². The second kappa shape index (κ2) is 8.55. The molecule has 1 nitrogen and oxygen atoms in total. The van der Waals surface area contributed by atoms with E-state index in [-0.39, 0.29) is 5.75 Å². The van der Waals surface area contributed by atoms with Crippen molar-refractivity contribution in [1.82, 2.24) is 0 Å². The van der Waals surface area contributed by atoms with Crippen LogP contribution in [-0.4, -0.2) is 11.3 Å². The Morgan fingerprint density at radius 3 is 2.27 bits per heavy atom. The van der Waals surface area contributed by atoms with E-state index >= 15 is 0 Å². The average molecular weight is 306 g/mol. The maximum absolute atomic E-state index is 14.5. The third-order valence-electron chi connectivity index (χ3n) is 5.61.